The molecule has 0 unspecified atom stereocenters. The molecule has 0 aliphatic carbocycles. The van der Waals surface area contributed by atoms with Crippen molar-refractivity contribution in [1.29, 1.82) is 0 Å². The molecule has 4 nitrogen and oxygen atoms in total. The average Bonchev–Trinajstić information content (AvgIpc) is 2.72. The van der Waals surface area contributed by atoms with E-state index in [1.165, 1.54) is 0 Å². The largest absolute Gasteiger partial charge is 0.469 e. The second-order valence-corrected chi connectivity index (χ2v) is 3.44. The molecule has 0 saturated heterocycles. The molecule has 0 spiro atoms. The molecule has 1 N–H and O–H groups in total. The van der Waals surface area contributed by atoms with Crippen LogP contribution in [0.3, 0.4) is 0 Å². The molecule has 84 valence electrons. The molecule has 0 fully saturated rings. The van der Waals surface area contributed by atoms with E-state index in [0.717, 1.165) is 18.7 Å². The molecule has 15 heavy (non-hydrogen) atoms. The highest BCUT2D eigenvalue weighted by Crippen LogP contribution is 2.13. The summed E-state index contributed by atoms with van der Waals surface area (Å²) in [4.78, 5) is 13.6. The summed E-state index contributed by atoms with van der Waals surface area (Å²) in [6.07, 6.45) is 2.31. The Labute approximate surface area is 90.3 Å². The van der Waals surface area contributed by atoms with Crippen LogP contribution in [0, 0.1) is 0 Å². The summed E-state index contributed by atoms with van der Waals surface area (Å²) in [5, 5.41) is 3.01. The number of nitrogens with one attached hydrogen (secondary N) is 1. The summed E-state index contributed by atoms with van der Waals surface area (Å²) in [5.41, 5.74) is 0.677. The van der Waals surface area contributed by atoms with Crippen LogP contribution in [0.25, 0.3) is 0 Å². The third-order valence-corrected chi connectivity index (χ3v) is 2.34. The van der Waals surface area contributed by atoms with Gasteiger partial charge in [0, 0.05) is 26.6 Å². The molecule has 4 heteroatoms. The number of likely N-dealkylation sites (N-methyl/N-ethyl adjacent to an activating group) is 2. The molecular formula is C11H18N2O2. The molecule has 1 aromatic heterocycles. The lowest BCUT2D eigenvalue weighted by atomic mass is 10.2. The molecular weight excluding hydrogens is 192 g/mol. The van der Waals surface area contributed by atoms with E-state index in [0.29, 0.717) is 12.1 Å². The van der Waals surface area contributed by atoms with Gasteiger partial charge in [0.05, 0.1) is 11.8 Å². The van der Waals surface area contributed by atoms with Gasteiger partial charge < -0.3 is 14.6 Å². The van der Waals surface area contributed by atoms with Crippen LogP contribution in [-0.4, -0.2) is 38.0 Å². The minimum Gasteiger partial charge on any atom is -0.469 e. The van der Waals surface area contributed by atoms with Gasteiger partial charge in [0.1, 0.15) is 5.76 Å². The summed E-state index contributed by atoms with van der Waals surface area (Å²) in [7, 11) is 3.67. The number of rotatable bonds is 5. The minimum absolute atomic E-state index is 0.0239. The highest BCUT2D eigenvalue weighted by atomic mass is 16.3. The summed E-state index contributed by atoms with van der Waals surface area (Å²) < 4.78 is 5.23. The maximum atomic E-state index is 11.9. The fourth-order valence-corrected chi connectivity index (χ4v) is 1.39. The van der Waals surface area contributed by atoms with E-state index < -0.39 is 0 Å². The second kappa shape index (κ2) is 5.56. The van der Waals surface area contributed by atoms with E-state index in [-0.39, 0.29) is 5.91 Å². The molecule has 0 saturated carbocycles. The molecule has 1 heterocycles. The normalized spacial score (nSPS) is 10.3. The quantitative estimate of drug-likeness (QED) is 0.792. The number of furan rings is 1. The highest BCUT2D eigenvalue weighted by Gasteiger charge is 2.16. The molecule has 0 bridgehead atoms. The fraction of sp³-hybridized carbons (Fsp3) is 0.545. The summed E-state index contributed by atoms with van der Waals surface area (Å²) in [6, 6.07) is 1.73. The maximum Gasteiger partial charge on any atom is 0.257 e. The van der Waals surface area contributed by atoms with Crippen molar-refractivity contribution in [1.82, 2.24) is 10.2 Å². The van der Waals surface area contributed by atoms with Crippen molar-refractivity contribution in [3.05, 3.63) is 23.7 Å². The molecule has 0 aliphatic rings. The zero-order valence-corrected chi connectivity index (χ0v) is 9.54. The first-order valence-corrected chi connectivity index (χ1v) is 5.17. The van der Waals surface area contributed by atoms with Gasteiger partial charge in [0.25, 0.3) is 5.91 Å². The van der Waals surface area contributed by atoms with Crippen LogP contribution in [0.5, 0.6) is 0 Å². The van der Waals surface area contributed by atoms with E-state index in [2.05, 4.69) is 5.32 Å². The first-order valence-electron chi connectivity index (χ1n) is 5.17. The third kappa shape index (κ3) is 2.83. The lowest BCUT2D eigenvalue weighted by molar-refractivity contribution is 0.0794. The fourth-order valence-electron chi connectivity index (χ4n) is 1.39. The zero-order chi connectivity index (χ0) is 11.3. The van der Waals surface area contributed by atoms with E-state index in [1.54, 1.807) is 24.3 Å². The Bertz CT molecular complexity index is 320. The van der Waals surface area contributed by atoms with E-state index in [9.17, 15) is 4.79 Å². The van der Waals surface area contributed by atoms with Crippen molar-refractivity contribution < 1.29 is 9.21 Å². The van der Waals surface area contributed by atoms with Crippen molar-refractivity contribution in [2.24, 2.45) is 0 Å². The van der Waals surface area contributed by atoms with E-state index in [1.807, 2.05) is 14.0 Å². The maximum absolute atomic E-state index is 11.9. The van der Waals surface area contributed by atoms with Gasteiger partial charge in [0.2, 0.25) is 0 Å². The van der Waals surface area contributed by atoms with E-state index >= 15 is 0 Å². The molecule has 0 atom stereocenters. The summed E-state index contributed by atoms with van der Waals surface area (Å²) in [5.74, 6) is 0.784. The van der Waals surface area contributed by atoms with Crippen LogP contribution >= 0.6 is 0 Å². The van der Waals surface area contributed by atoms with Crippen LogP contribution in [-0.2, 0) is 6.42 Å². The van der Waals surface area contributed by atoms with Gasteiger partial charge in [-0.2, -0.15) is 0 Å². The molecule has 0 radical (unpaired) electrons. The van der Waals surface area contributed by atoms with Crippen LogP contribution in [0.2, 0.25) is 0 Å². The van der Waals surface area contributed by atoms with Gasteiger partial charge in [-0.25, -0.2) is 0 Å². The Morgan fingerprint density at radius 3 is 2.93 bits per heavy atom. The second-order valence-electron chi connectivity index (χ2n) is 3.44. The van der Waals surface area contributed by atoms with Gasteiger partial charge in [-0.1, -0.05) is 6.92 Å². The number of hydrogen-bond acceptors (Lipinski definition) is 3. The molecule has 1 rings (SSSR count). The summed E-state index contributed by atoms with van der Waals surface area (Å²) in [6.45, 7) is 3.47. The number of carbonyl (C=O) groups is 1. The number of hydrogen-bond donors (Lipinski definition) is 1. The standard InChI is InChI=1S/C11H18N2O2/c1-4-10-9(5-8-15-10)11(14)13(3)7-6-12-2/h5,8,12H,4,6-7H2,1-3H3. The number of carbonyl (C=O) groups excluding carboxylic acids is 1. The zero-order valence-electron chi connectivity index (χ0n) is 9.54. The Kier molecular flexibility index (Phi) is 4.37. The minimum atomic E-state index is 0.0239. The van der Waals surface area contributed by atoms with E-state index in [4.69, 9.17) is 4.42 Å². The van der Waals surface area contributed by atoms with Crippen molar-refractivity contribution in [2.45, 2.75) is 13.3 Å². The Morgan fingerprint density at radius 2 is 2.33 bits per heavy atom. The Morgan fingerprint density at radius 1 is 1.60 bits per heavy atom. The molecule has 1 amide bonds. The molecule has 0 aliphatic heterocycles. The SMILES string of the molecule is CCc1occc1C(=O)N(C)CCNC. The monoisotopic (exact) mass is 210 g/mol. The van der Waals surface area contributed by atoms with Crippen molar-refractivity contribution >= 4 is 5.91 Å². The van der Waals surface area contributed by atoms with Crippen LogP contribution in [0.1, 0.15) is 23.0 Å². The number of amides is 1. The van der Waals surface area contributed by atoms with Crippen LogP contribution in [0.15, 0.2) is 16.7 Å². The predicted molar refractivity (Wildman–Crippen MR) is 59.0 cm³/mol. The van der Waals surface area contributed by atoms with Crippen molar-refractivity contribution in [3.8, 4) is 0 Å². The van der Waals surface area contributed by atoms with Crippen LogP contribution < -0.4 is 5.32 Å². The number of aryl methyl sites for hydroxylation is 1. The topological polar surface area (TPSA) is 45.5 Å². The van der Waals surface area contributed by atoms with Gasteiger partial charge in [-0.3, -0.25) is 4.79 Å². The summed E-state index contributed by atoms with van der Waals surface area (Å²) >= 11 is 0. The van der Waals surface area contributed by atoms with Gasteiger partial charge in [0.15, 0.2) is 0 Å². The van der Waals surface area contributed by atoms with Gasteiger partial charge >= 0.3 is 0 Å². The third-order valence-electron chi connectivity index (χ3n) is 2.34. The molecule has 1 aromatic rings. The first kappa shape index (κ1) is 11.8. The average molecular weight is 210 g/mol. The lowest BCUT2D eigenvalue weighted by Gasteiger charge is -2.16. The highest BCUT2D eigenvalue weighted by molar-refractivity contribution is 5.95. The number of nitrogens with zero attached hydrogens (tertiary/aromatic N) is 1. The smallest absolute Gasteiger partial charge is 0.257 e. The lowest BCUT2D eigenvalue weighted by Crippen LogP contribution is -2.33. The van der Waals surface area contributed by atoms with Crippen LogP contribution in [0.4, 0.5) is 0 Å². The Balaban J connectivity index is 2.67. The first-order chi connectivity index (χ1) is 7.20. The Hall–Kier alpha value is -1.29. The van der Waals surface area contributed by atoms with Crippen molar-refractivity contribution in [2.75, 3.05) is 27.2 Å². The predicted octanol–water partition coefficient (Wildman–Crippen LogP) is 1.13. The molecule has 0 aromatic carbocycles. The van der Waals surface area contributed by atoms with Crippen molar-refractivity contribution in [3.63, 3.8) is 0 Å². The van der Waals surface area contributed by atoms with Gasteiger partial charge in [-0.05, 0) is 13.1 Å². The van der Waals surface area contributed by atoms with Gasteiger partial charge in [-0.15, -0.1) is 0 Å².